The Balaban J connectivity index is 1.81. The van der Waals surface area contributed by atoms with Gasteiger partial charge in [-0.25, -0.2) is 4.98 Å². The van der Waals surface area contributed by atoms with Crippen LogP contribution in [-0.2, 0) is 16.0 Å². The minimum absolute atomic E-state index is 0.00431. The number of carbonyl (C=O) groups excluding carboxylic acids is 2. The van der Waals surface area contributed by atoms with Crippen molar-refractivity contribution in [2.45, 2.75) is 39.2 Å². The van der Waals surface area contributed by atoms with E-state index in [2.05, 4.69) is 9.88 Å². The monoisotopic (exact) mass is 378 g/mol. The quantitative estimate of drug-likeness (QED) is 0.631. The molecule has 0 aliphatic rings. The number of primary amides is 1. The number of hydrogen-bond acceptors (Lipinski definition) is 3. The Morgan fingerprint density at radius 1 is 1.11 bits per heavy atom. The molecule has 3 aromatic rings. The lowest BCUT2D eigenvalue weighted by atomic mass is 9.98. The molecular formula is C22H26N4O2. The summed E-state index contributed by atoms with van der Waals surface area (Å²) >= 11 is 0. The highest BCUT2D eigenvalue weighted by atomic mass is 16.2. The van der Waals surface area contributed by atoms with Gasteiger partial charge in [0.05, 0.1) is 11.0 Å². The summed E-state index contributed by atoms with van der Waals surface area (Å²) in [5, 5.41) is 2.78. The van der Waals surface area contributed by atoms with Gasteiger partial charge in [0.25, 0.3) is 0 Å². The van der Waals surface area contributed by atoms with E-state index in [4.69, 9.17) is 10.7 Å². The van der Waals surface area contributed by atoms with Gasteiger partial charge in [0.15, 0.2) is 0 Å². The number of amides is 2. The Kier molecular flexibility index (Phi) is 6.09. The van der Waals surface area contributed by atoms with Gasteiger partial charge < -0.3 is 11.1 Å². The van der Waals surface area contributed by atoms with Crippen LogP contribution < -0.4 is 11.1 Å². The molecule has 2 amide bonds. The highest BCUT2D eigenvalue weighted by Crippen LogP contribution is 2.22. The molecule has 2 atom stereocenters. The minimum Gasteiger partial charge on any atom is -0.368 e. The fraction of sp³-hybridized carbons (Fsp3) is 0.318. The highest BCUT2D eigenvalue weighted by molar-refractivity contribution is 5.87. The first-order valence-corrected chi connectivity index (χ1v) is 9.61. The van der Waals surface area contributed by atoms with Crippen LogP contribution in [0.1, 0.15) is 32.5 Å². The summed E-state index contributed by atoms with van der Waals surface area (Å²) < 4.78 is 2.07. The molecule has 6 nitrogen and oxygen atoms in total. The number of para-hydroxylation sites is 3. The van der Waals surface area contributed by atoms with Gasteiger partial charge in [-0.15, -0.1) is 0 Å². The Labute approximate surface area is 164 Å². The van der Waals surface area contributed by atoms with Gasteiger partial charge >= 0.3 is 0 Å². The highest BCUT2D eigenvalue weighted by Gasteiger charge is 2.23. The number of nitrogens with two attached hydrogens (primary N) is 1. The van der Waals surface area contributed by atoms with Crippen LogP contribution in [0.3, 0.4) is 0 Å². The summed E-state index contributed by atoms with van der Waals surface area (Å²) in [6.45, 7) is 3.87. The van der Waals surface area contributed by atoms with Gasteiger partial charge in [0.1, 0.15) is 11.9 Å². The van der Waals surface area contributed by atoms with Gasteiger partial charge in [-0.2, -0.15) is 0 Å². The van der Waals surface area contributed by atoms with Gasteiger partial charge in [-0.1, -0.05) is 50.6 Å². The minimum atomic E-state index is -0.648. The van der Waals surface area contributed by atoms with Crippen molar-refractivity contribution in [1.29, 1.82) is 0 Å². The molecule has 1 heterocycles. The van der Waals surface area contributed by atoms with Crippen LogP contribution >= 0.6 is 0 Å². The van der Waals surface area contributed by atoms with E-state index >= 15 is 0 Å². The van der Waals surface area contributed by atoms with E-state index in [0.717, 1.165) is 29.0 Å². The first kappa shape index (κ1) is 19.6. The fourth-order valence-electron chi connectivity index (χ4n) is 3.31. The number of hydrogen-bond donors (Lipinski definition) is 2. The molecule has 3 rings (SSSR count). The zero-order valence-electron chi connectivity index (χ0n) is 16.3. The lowest BCUT2D eigenvalue weighted by molar-refractivity contribution is -0.128. The predicted molar refractivity (Wildman–Crippen MR) is 110 cm³/mol. The molecule has 0 saturated carbocycles. The van der Waals surface area contributed by atoms with Crippen LogP contribution in [0.4, 0.5) is 0 Å². The molecule has 28 heavy (non-hydrogen) atoms. The standard InChI is InChI=1S/C22H26N4O2/c1-3-15(2)21(22(23)28)25-20(27)14-13-19-24-17-11-7-8-12-18(17)26(19)16-9-5-4-6-10-16/h4-12,15,21H,3,13-14H2,1-2H3,(H2,23,28)(H,25,27). The third-order valence-electron chi connectivity index (χ3n) is 5.06. The summed E-state index contributed by atoms with van der Waals surface area (Å²) in [7, 11) is 0. The van der Waals surface area contributed by atoms with Gasteiger partial charge in [-0.3, -0.25) is 14.2 Å². The number of nitrogens with one attached hydrogen (secondary N) is 1. The summed E-state index contributed by atoms with van der Waals surface area (Å²) in [5.41, 5.74) is 8.34. The van der Waals surface area contributed by atoms with Crippen molar-refractivity contribution >= 4 is 22.8 Å². The maximum atomic E-state index is 12.5. The molecule has 0 fully saturated rings. The Hall–Kier alpha value is -3.15. The number of aryl methyl sites for hydroxylation is 1. The Bertz CT molecular complexity index is 965. The van der Waals surface area contributed by atoms with Crippen molar-refractivity contribution in [3.8, 4) is 5.69 Å². The van der Waals surface area contributed by atoms with E-state index in [-0.39, 0.29) is 18.2 Å². The molecule has 0 spiro atoms. The second kappa shape index (κ2) is 8.69. The number of rotatable bonds is 8. The molecule has 0 aliphatic heterocycles. The van der Waals surface area contributed by atoms with Crippen molar-refractivity contribution in [3.05, 3.63) is 60.4 Å². The van der Waals surface area contributed by atoms with Crippen molar-refractivity contribution in [1.82, 2.24) is 14.9 Å². The van der Waals surface area contributed by atoms with Gasteiger partial charge in [0.2, 0.25) is 11.8 Å². The maximum absolute atomic E-state index is 12.5. The van der Waals surface area contributed by atoms with Crippen LogP contribution in [0.15, 0.2) is 54.6 Å². The number of carbonyl (C=O) groups is 2. The van der Waals surface area contributed by atoms with Crippen LogP contribution in [0.5, 0.6) is 0 Å². The second-order valence-corrected chi connectivity index (χ2v) is 7.02. The molecule has 6 heteroatoms. The molecule has 0 saturated heterocycles. The number of fused-ring (bicyclic) bond motifs is 1. The van der Waals surface area contributed by atoms with E-state index in [1.54, 1.807) is 0 Å². The van der Waals surface area contributed by atoms with Crippen LogP contribution in [0, 0.1) is 5.92 Å². The molecular weight excluding hydrogens is 352 g/mol. The number of aromatic nitrogens is 2. The van der Waals surface area contributed by atoms with Crippen molar-refractivity contribution in [2.75, 3.05) is 0 Å². The Morgan fingerprint density at radius 2 is 1.79 bits per heavy atom. The van der Waals surface area contributed by atoms with Crippen LogP contribution in [0.2, 0.25) is 0 Å². The zero-order chi connectivity index (χ0) is 20.1. The van der Waals surface area contributed by atoms with Crippen molar-refractivity contribution in [2.24, 2.45) is 11.7 Å². The summed E-state index contributed by atoms with van der Waals surface area (Å²) in [4.78, 5) is 28.8. The number of imidazole rings is 1. The molecule has 0 aliphatic carbocycles. The summed E-state index contributed by atoms with van der Waals surface area (Å²) in [6, 6.07) is 17.2. The largest absolute Gasteiger partial charge is 0.368 e. The van der Waals surface area contributed by atoms with E-state index in [1.165, 1.54) is 0 Å². The summed E-state index contributed by atoms with van der Waals surface area (Å²) in [6.07, 6.45) is 1.45. The zero-order valence-corrected chi connectivity index (χ0v) is 16.3. The smallest absolute Gasteiger partial charge is 0.240 e. The number of nitrogens with zero attached hydrogens (tertiary/aromatic N) is 2. The third-order valence-corrected chi connectivity index (χ3v) is 5.06. The second-order valence-electron chi connectivity index (χ2n) is 7.02. The average Bonchev–Trinajstić information content (AvgIpc) is 3.08. The van der Waals surface area contributed by atoms with E-state index in [0.29, 0.717) is 6.42 Å². The molecule has 1 aromatic heterocycles. The molecule has 146 valence electrons. The van der Waals surface area contributed by atoms with Crippen molar-refractivity contribution in [3.63, 3.8) is 0 Å². The van der Waals surface area contributed by atoms with E-state index in [1.807, 2.05) is 68.4 Å². The third kappa shape index (κ3) is 4.22. The first-order chi connectivity index (χ1) is 13.5. The van der Waals surface area contributed by atoms with Crippen molar-refractivity contribution < 1.29 is 9.59 Å². The average molecular weight is 378 g/mol. The lowest BCUT2D eigenvalue weighted by Crippen LogP contribution is -2.48. The van der Waals surface area contributed by atoms with Crippen LogP contribution in [0.25, 0.3) is 16.7 Å². The lowest BCUT2D eigenvalue weighted by Gasteiger charge is -2.21. The Morgan fingerprint density at radius 3 is 2.46 bits per heavy atom. The normalized spacial score (nSPS) is 13.2. The fourth-order valence-corrected chi connectivity index (χ4v) is 3.31. The van der Waals surface area contributed by atoms with Gasteiger partial charge in [0, 0.05) is 18.5 Å². The summed E-state index contributed by atoms with van der Waals surface area (Å²) in [5.74, 6) is 0.104. The molecule has 2 aromatic carbocycles. The number of benzene rings is 2. The maximum Gasteiger partial charge on any atom is 0.240 e. The first-order valence-electron chi connectivity index (χ1n) is 9.61. The van der Waals surface area contributed by atoms with Gasteiger partial charge in [-0.05, 0) is 30.2 Å². The molecule has 2 unspecified atom stereocenters. The predicted octanol–water partition coefficient (Wildman–Crippen LogP) is 2.97. The van der Waals surface area contributed by atoms with E-state index in [9.17, 15) is 9.59 Å². The molecule has 0 radical (unpaired) electrons. The topological polar surface area (TPSA) is 90.0 Å². The molecule has 3 N–H and O–H groups in total. The van der Waals surface area contributed by atoms with Crippen LogP contribution in [-0.4, -0.2) is 27.4 Å². The SMILES string of the molecule is CCC(C)C(NC(=O)CCc1nc2ccccc2n1-c1ccccc1)C(N)=O. The van der Waals surface area contributed by atoms with E-state index < -0.39 is 11.9 Å². The molecule has 0 bridgehead atoms.